The van der Waals surface area contributed by atoms with Crippen LogP contribution in [0.15, 0.2) is 18.2 Å². The van der Waals surface area contributed by atoms with Gasteiger partial charge in [-0.15, -0.1) is 0 Å². The predicted molar refractivity (Wildman–Crippen MR) is 109 cm³/mol. The van der Waals surface area contributed by atoms with Gasteiger partial charge in [-0.1, -0.05) is 31.4 Å². The third kappa shape index (κ3) is 4.50. The summed E-state index contributed by atoms with van der Waals surface area (Å²) in [4.78, 5) is 27.3. The first-order valence-corrected chi connectivity index (χ1v) is 10.4. The molecule has 29 heavy (non-hydrogen) atoms. The molecule has 2 N–H and O–H groups in total. The number of ether oxygens (including phenoxy) is 2. The molecule has 2 fully saturated rings. The third-order valence-electron chi connectivity index (χ3n) is 6.27. The van der Waals surface area contributed by atoms with E-state index < -0.39 is 12.1 Å². The summed E-state index contributed by atoms with van der Waals surface area (Å²) in [6, 6.07) is 4.57. The van der Waals surface area contributed by atoms with E-state index >= 15 is 0 Å². The van der Waals surface area contributed by atoms with E-state index in [9.17, 15) is 14.7 Å². The number of benzene rings is 1. The van der Waals surface area contributed by atoms with Gasteiger partial charge in [-0.3, -0.25) is 9.59 Å². The number of nitrogens with zero attached hydrogens (tertiary/aromatic N) is 1. The number of carbonyl (C=O) groups excluding carboxylic acids is 2. The Morgan fingerprint density at radius 1 is 1.24 bits per heavy atom. The van der Waals surface area contributed by atoms with E-state index in [2.05, 4.69) is 5.32 Å². The minimum absolute atomic E-state index is 0.0290. The van der Waals surface area contributed by atoms with Crippen LogP contribution in [0.2, 0.25) is 0 Å². The van der Waals surface area contributed by atoms with E-state index in [0.717, 1.165) is 31.2 Å². The number of likely N-dealkylation sites (tertiary alicyclic amines) is 1. The Labute approximate surface area is 172 Å². The van der Waals surface area contributed by atoms with Crippen LogP contribution < -0.4 is 14.8 Å². The second-order valence-electron chi connectivity index (χ2n) is 8.31. The molecule has 0 bridgehead atoms. The summed E-state index contributed by atoms with van der Waals surface area (Å²) in [7, 11) is 3.11. The predicted octanol–water partition coefficient (Wildman–Crippen LogP) is 2.25. The Kier molecular flexibility index (Phi) is 6.67. The maximum Gasteiger partial charge on any atom is 0.245 e. The first kappa shape index (κ1) is 21.4. The molecule has 1 aliphatic carbocycles. The number of carbonyl (C=O) groups is 2. The normalized spacial score (nSPS) is 20.4. The number of aliphatic hydroxyl groups excluding tert-OH is 1. The first-order chi connectivity index (χ1) is 13.9. The lowest BCUT2D eigenvalue weighted by atomic mass is 9.73. The molecule has 1 saturated heterocycles. The summed E-state index contributed by atoms with van der Waals surface area (Å²) in [6.07, 6.45) is 5.02. The summed E-state index contributed by atoms with van der Waals surface area (Å²) in [6.45, 7) is 2.34. The zero-order valence-corrected chi connectivity index (χ0v) is 17.6. The van der Waals surface area contributed by atoms with Crippen molar-refractivity contribution in [1.29, 1.82) is 0 Å². The Morgan fingerprint density at radius 2 is 1.97 bits per heavy atom. The summed E-state index contributed by atoms with van der Waals surface area (Å²) in [5, 5.41) is 13.2. The van der Waals surface area contributed by atoms with Crippen molar-refractivity contribution in [3.63, 3.8) is 0 Å². The molecule has 7 heteroatoms. The molecule has 1 saturated carbocycles. The lowest BCUT2D eigenvalue weighted by molar-refractivity contribution is -0.141. The molecule has 0 unspecified atom stereocenters. The molecule has 1 heterocycles. The molecule has 0 radical (unpaired) electrons. The highest BCUT2D eigenvalue weighted by Gasteiger charge is 2.48. The number of aliphatic hydroxyl groups is 1. The second kappa shape index (κ2) is 9.03. The van der Waals surface area contributed by atoms with Gasteiger partial charge < -0.3 is 24.8 Å². The summed E-state index contributed by atoms with van der Waals surface area (Å²) < 4.78 is 10.7. The van der Waals surface area contributed by atoms with Crippen LogP contribution in [0.1, 0.15) is 51.0 Å². The van der Waals surface area contributed by atoms with E-state index in [1.807, 2.05) is 12.1 Å². The lowest BCUT2D eigenvalue weighted by Gasteiger charge is -2.35. The molecule has 3 rings (SSSR count). The quantitative estimate of drug-likeness (QED) is 0.728. The van der Waals surface area contributed by atoms with E-state index in [1.165, 1.54) is 6.42 Å². The Bertz CT molecular complexity index is 743. The third-order valence-corrected chi connectivity index (χ3v) is 6.27. The number of hydrogen-bond donors (Lipinski definition) is 2. The van der Waals surface area contributed by atoms with Gasteiger partial charge in [0.15, 0.2) is 11.5 Å². The van der Waals surface area contributed by atoms with E-state index in [-0.39, 0.29) is 23.8 Å². The fourth-order valence-corrected chi connectivity index (χ4v) is 4.82. The summed E-state index contributed by atoms with van der Waals surface area (Å²) in [5.74, 6) is 0.751. The van der Waals surface area contributed by atoms with Gasteiger partial charge in [-0.2, -0.15) is 0 Å². The van der Waals surface area contributed by atoms with Crippen LogP contribution in [0.25, 0.3) is 0 Å². The van der Waals surface area contributed by atoms with Crippen molar-refractivity contribution in [2.24, 2.45) is 5.41 Å². The molecule has 1 aliphatic heterocycles. The average molecular weight is 405 g/mol. The molecule has 7 nitrogen and oxygen atoms in total. The molecule has 1 spiro atoms. The van der Waals surface area contributed by atoms with Gasteiger partial charge in [0, 0.05) is 25.1 Å². The van der Waals surface area contributed by atoms with Gasteiger partial charge in [0.2, 0.25) is 11.8 Å². The molecule has 1 aromatic carbocycles. The highest BCUT2D eigenvalue weighted by Crippen LogP contribution is 2.45. The van der Waals surface area contributed by atoms with Gasteiger partial charge in [0.1, 0.15) is 6.04 Å². The van der Waals surface area contributed by atoms with Crippen molar-refractivity contribution in [3.05, 3.63) is 23.8 Å². The molecule has 160 valence electrons. The standard InChI is InChI=1S/C22H32N2O5/c1-15(25)19(24-14-22(12-18(24)26)10-5-4-6-11-22)21(27)23-13-16-8-7-9-17(28-2)20(16)29-3/h7-9,15,19,25H,4-6,10-14H2,1-3H3,(H,23,27)/t15-,19+/m1/s1. The topological polar surface area (TPSA) is 88.1 Å². The highest BCUT2D eigenvalue weighted by atomic mass is 16.5. The van der Waals surface area contributed by atoms with Crippen molar-refractivity contribution >= 4 is 11.8 Å². The minimum atomic E-state index is -0.954. The largest absolute Gasteiger partial charge is 0.493 e. The number of para-hydroxylation sites is 1. The van der Waals surface area contributed by atoms with Crippen LogP contribution in [-0.4, -0.2) is 54.7 Å². The molecule has 0 aromatic heterocycles. The number of methoxy groups -OCH3 is 2. The molecule has 2 amide bonds. The molecular weight excluding hydrogens is 372 g/mol. The Morgan fingerprint density at radius 3 is 2.59 bits per heavy atom. The van der Waals surface area contributed by atoms with Crippen LogP contribution in [0.3, 0.4) is 0 Å². The van der Waals surface area contributed by atoms with Crippen molar-refractivity contribution in [1.82, 2.24) is 10.2 Å². The maximum absolute atomic E-state index is 13.0. The first-order valence-electron chi connectivity index (χ1n) is 10.4. The van der Waals surface area contributed by atoms with Crippen LogP contribution in [0.4, 0.5) is 0 Å². The highest BCUT2D eigenvalue weighted by molar-refractivity contribution is 5.89. The number of hydrogen-bond acceptors (Lipinski definition) is 5. The summed E-state index contributed by atoms with van der Waals surface area (Å²) in [5.41, 5.74) is 0.736. The molecule has 2 atom stereocenters. The van der Waals surface area contributed by atoms with Gasteiger partial charge in [0.25, 0.3) is 0 Å². The number of rotatable bonds is 7. The van der Waals surface area contributed by atoms with Gasteiger partial charge in [-0.25, -0.2) is 0 Å². The van der Waals surface area contributed by atoms with Crippen LogP contribution in [0, 0.1) is 5.41 Å². The van der Waals surface area contributed by atoms with Crippen LogP contribution >= 0.6 is 0 Å². The van der Waals surface area contributed by atoms with E-state index in [1.54, 1.807) is 32.1 Å². The molecule has 1 aromatic rings. The summed E-state index contributed by atoms with van der Waals surface area (Å²) >= 11 is 0. The SMILES string of the molecule is COc1cccc(CNC(=O)[C@H]([C@@H](C)O)N2CC3(CCCCC3)CC2=O)c1OC. The lowest BCUT2D eigenvalue weighted by Crippen LogP contribution is -2.53. The maximum atomic E-state index is 13.0. The number of amides is 2. The van der Waals surface area contributed by atoms with Crippen LogP contribution in [0.5, 0.6) is 11.5 Å². The fourth-order valence-electron chi connectivity index (χ4n) is 4.82. The van der Waals surface area contributed by atoms with Gasteiger partial charge >= 0.3 is 0 Å². The van der Waals surface area contributed by atoms with Crippen molar-refractivity contribution in [3.8, 4) is 11.5 Å². The van der Waals surface area contributed by atoms with Crippen molar-refractivity contribution < 1.29 is 24.2 Å². The van der Waals surface area contributed by atoms with Gasteiger partial charge in [-0.05, 0) is 31.2 Å². The van der Waals surface area contributed by atoms with E-state index in [4.69, 9.17) is 9.47 Å². The van der Waals surface area contributed by atoms with Crippen molar-refractivity contribution in [2.75, 3.05) is 20.8 Å². The van der Waals surface area contributed by atoms with Crippen LogP contribution in [-0.2, 0) is 16.1 Å². The Balaban J connectivity index is 1.72. The number of nitrogens with one attached hydrogen (secondary N) is 1. The zero-order valence-electron chi connectivity index (χ0n) is 17.6. The second-order valence-corrected chi connectivity index (χ2v) is 8.31. The van der Waals surface area contributed by atoms with Crippen molar-refractivity contribution in [2.45, 2.75) is 64.1 Å². The average Bonchev–Trinajstić information content (AvgIpc) is 3.01. The van der Waals surface area contributed by atoms with Gasteiger partial charge in [0.05, 0.1) is 20.3 Å². The fraction of sp³-hybridized carbons (Fsp3) is 0.636. The minimum Gasteiger partial charge on any atom is -0.493 e. The van der Waals surface area contributed by atoms with E-state index in [0.29, 0.717) is 24.5 Å². The molecular formula is C22H32N2O5. The smallest absolute Gasteiger partial charge is 0.245 e. The Hall–Kier alpha value is -2.28. The monoisotopic (exact) mass is 404 g/mol. The zero-order chi connectivity index (χ0) is 21.0. The molecule has 2 aliphatic rings.